The lowest BCUT2D eigenvalue weighted by atomic mass is 9.86. The maximum atomic E-state index is 13.1. The van der Waals surface area contributed by atoms with Gasteiger partial charge in [-0.25, -0.2) is 4.79 Å². The van der Waals surface area contributed by atoms with Crippen molar-refractivity contribution in [3.05, 3.63) is 41.0 Å². The van der Waals surface area contributed by atoms with Crippen molar-refractivity contribution in [1.82, 2.24) is 10.2 Å². The Kier molecular flexibility index (Phi) is 6.89. The van der Waals surface area contributed by atoms with E-state index in [0.29, 0.717) is 18.9 Å². The predicted octanol–water partition coefficient (Wildman–Crippen LogP) is 4.95. The molecule has 0 saturated heterocycles. The number of fused-ring (bicyclic) bond motifs is 2. The van der Waals surface area contributed by atoms with Crippen LogP contribution >= 0.6 is 0 Å². The number of carbonyl (C=O) groups excluding carboxylic acids is 2. The first-order valence-corrected chi connectivity index (χ1v) is 11.2. The Balaban J connectivity index is 1.53. The van der Waals surface area contributed by atoms with Gasteiger partial charge in [-0.3, -0.25) is 4.79 Å². The van der Waals surface area contributed by atoms with Crippen molar-refractivity contribution < 1.29 is 14.3 Å². The van der Waals surface area contributed by atoms with Gasteiger partial charge in [0.25, 0.3) is 0 Å². The zero-order valence-corrected chi connectivity index (χ0v) is 19.1. The van der Waals surface area contributed by atoms with Gasteiger partial charge in [-0.15, -0.1) is 0 Å². The molecule has 1 aromatic rings. The fraction of sp³-hybridized carbons (Fsp3) is 0.600. The molecule has 0 spiro atoms. The molecule has 2 aliphatic rings. The number of benzene rings is 1. The fourth-order valence-corrected chi connectivity index (χ4v) is 4.68. The largest absolute Gasteiger partial charge is 0.444 e. The first kappa shape index (κ1) is 22.4. The lowest BCUT2D eigenvalue weighted by Gasteiger charge is -2.40. The minimum Gasteiger partial charge on any atom is -0.444 e. The highest BCUT2D eigenvalue weighted by molar-refractivity contribution is 5.83. The monoisotopic (exact) mass is 412 g/mol. The van der Waals surface area contributed by atoms with Crippen molar-refractivity contribution >= 4 is 17.6 Å². The second-order valence-electron chi connectivity index (χ2n) is 9.75. The highest BCUT2D eigenvalue weighted by atomic mass is 16.6. The number of hydrogen-bond acceptors (Lipinski definition) is 3. The van der Waals surface area contributed by atoms with Gasteiger partial charge in [-0.1, -0.05) is 38.1 Å². The number of nitrogens with zero attached hydrogens (tertiary/aromatic N) is 1. The van der Waals surface area contributed by atoms with E-state index in [0.717, 1.165) is 32.2 Å². The van der Waals surface area contributed by atoms with Crippen LogP contribution in [-0.4, -0.2) is 41.6 Å². The Labute approximate surface area is 180 Å². The normalized spacial score (nSPS) is 18.3. The van der Waals surface area contributed by atoms with Gasteiger partial charge in [0, 0.05) is 19.5 Å². The molecular weight excluding hydrogens is 376 g/mol. The molecule has 5 heteroatoms. The molecule has 5 nitrogen and oxygen atoms in total. The third kappa shape index (κ3) is 5.24. The minimum absolute atomic E-state index is 0.188. The maximum Gasteiger partial charge on any atom is 0.407 e. The zero-order valence-electron chi connectivity index (χ0n) is 19.1. The average Bonchev–Trinajstić information content (AvgIpc) is 3.03. The van der Waals surface area contributed by atoms with E-state index in [9.17, 15) is 9.59 Å². The van der Waals surface area contributed by atoms with E-state index in [1.165, 1.54) is 22.3 Å². The Bertz CT molecular complexity index is 820. The van der Waals surface area contributed by atoms with Crippen LogP contribution in [0.25, 0.3) is 5.57 Å². The van der Waals surface area contributed by atoms with Crippen LogP contribution in [0.4, 0.5) is 4.79 Å². The van der Waals surface area contributed by atoms with Crippen molar-refractivity contribution in [3.63, 3.8) is 0 Å². The molecule has 1 heterocycles. The van der Waals surface area contributed by atoms with Gasteiger partial charge < -0.3 is 15.0 Å². The SMILES string of the molecule is CC(C)C1C2=C(CCN1C(=O)CCCCNC(=O)OC(C)(C)C)c1ccccc1C2. The Morgan fingerprint density at radius 2 is 1.93 bits per heavy atom. The molecule has 1 N–H and O–H groups in total. The second-order valence-corrected chi connectivity index (χ2v) is 9.75. The number of nitrogens with one attached hydrogen (secondary N) is 1. The summed E-state index contributed by atoms with van der Waals surface area (Å²) in [5.74, 6) is 0.621. The lowest BCUT2D eigenvalue weighted by molar-refractivity contribution is -0.134. The number of alkyl carbamates (subject to hydrolysis) is 1. The first-order valence-electron chi connectivity index (χ1n) is 11.2. The van der Waals surface area contributed by atoms with E-state index >= 15 is 0 Å². The van der Waals surface area contributed by atoms with Crippen LogP contribution in [0.15, 0.2) is 29.8 Å². The van der Waals surface area contributed by atoms with Crippen LogP contribution < -0.4 is 5.32 Å². The van der Waals surface area contributed by atoms with Crippen molar-refractivity contribution in [2.45, 2.75) is 78.4 Å². The van der Waals surface area contributed by atoms with E-state index in [2.05, 4.69) is 48.3 Å². The highest BCUT2D eigenvalue weighted by Crippen LogP contribution is 2.42. The second kappa shape index (κ2) is 9.23. The smallest absolute Gasteiger partial charge is 0.407 e. The van der Waals surface area contributed by atoms with Crippen LogP contribution in [-0.2, 0) is 16.0 Å². The van der Waals surface area contributed by atoms with Crippen molar-refractivity contribution in [2.75, 3.05) is 13.1 Å². The number of rotatable bonds is 6. The number of amides is 2. The van der Waals surface area contributed by atoms with Gasteiger partial charge in [0.05, 0.1) is 6.04 Å². The fourth-order valence-electron chi connectivity index (χ4n) is 4.68. The maximum absolute atomic E-state index is 13.1. The summed E-state index contributed by atoms with van der Waals surface area (Å²) in [5, 5.41) is 2.77. The van der Waals surface area contributed by atoms with Gasteiger partial charge in [-0.2, -0.15) is 0 Å². The Hall–Kier alpha value is -2.30. The predicted molar refractivity (Wildman–Crippen MR) is 120 cm³/mol. The van der Waals surface area contributed by atoms with Crippen LogP contribution in [0.3, 0.4) is 0 Å². The molecule has 0 radical (unpaired) electrons. The molecule has 1 aliphatic carbocycles. The minimum atomic E-state index is -0.492. The molecule has 1 atom stereocenters. The third-order valence-electron chi connectivity index (χ3n) is 5.84. The molecule has 164 valence electrons. The van der Waals surface area contributed by atoms with E-state index in [1.54, 1.807) is 0 Å². The summed E-state index contributed by atoms with van der Waals surface area (Å²) in [6.45, 7) is 11.3. The standard InChI is InChI=1S/C25H36N2O3/c1-17(2)23-21-16-18-10-6-7-11-19(18)20(21)13-15-27(23)22(28)12-8-9-14-26-24(29)30-25(3,4)5/h6-7,10-11,17,23H,8-9,12-16H2,1-5H3,(H,26,29). The quantitative estimate of drug-likeness (QED) is 0.673. The van der Waals surface area contributed by atoms with Gasteiger partial charge in [0.1, 0.15) is 5.60 Å². The lowest BCUT2D eigenvalue weighted by Crippen LogP contribution is -2.47. The van der Waals surface area contributed by atoms with E-state index in [4.69, 9.17) is 4.74 Å². The van der Waals surface area contributed by atoms with E-state index < -0.39 is 11.7 Å². The summed E-state index contributed by atoms with van der Waals surface area (Å²) in [7, 11) is 0. The van der Waals surface area contributed by atoms with Crippen LogP contribution in [0.2, 0.25) is 0 Å². The molecule has 1 aromatic carbocycles. The summed E-state index contributed by atoms with van der Waals surface area (Å²) >= 11 is 0. The highest BCUT2D eigenvalue weighted by Gasteiger charge is 2.37. The number of hydrogen-bond donors (Lipinski definition) is 1. The average molecular weight is 413 g/mol. The van der Waals surface area contributed by atoms with Crippen LogP contribution in [0, 0.1) is 5.92 Å². The summed E-state index contributed by atoms with van der Waals surface area (Å²) in [6, 6.07) is 8.85. The summed E-state index contributed by atoms with van der Waals surface area (Å²) in [6.07, 6.45) is 3.57. The van der Waals surface area contributed by atoms with Crippen molar-refractivity contribution in [2.24, 2.45) is 5.92 Å². The topological polar surface area (TPSA) is 58.6 Å². The molecule has 0 bridgehead atoms. The number of unbranched alkanes of at least 4 members (excludes halogenated alkanes) is 1. The summed E-state index contributed by atoms with van der Waals surface area (Å²) in [4.78, 5) is 26.9. The Morgan fingerprint density at radius 3 is 2.63 bits per heavy atom. The first-order chi connectivity index (χ1) is 14.2. The molecule has 2 amide bonds. The molecular formula is C25H36N2O3. The van der Waals surface area contributed by atoms with Crippen LogP contribution in [0.5, 0.6) is 0 Å². The molecule has 1 unspecified atom stereocenters. The third-order valence-corrected chi connectivity index (χ3v) is 5.84. The van der Waals surface area contributed by atoms with Gasteiger partial charge in [0.15, 0.2) is 0 Å². The van der Waals surface area contributed by atoms with Crippen LogP contribution in [0.1, 0.15) is 71.4 Å². The van der Waals surface area contributed by atoms with E-state index in [-0.39, 0.29) is 11.9 Å². The molecule has 3 rings (SSSR count). The Morgan fingerprint density at radius 1 is 1.20 bits per heavy atom. The van der Waals surface area contributed by atoms with Gasteiger partial charge in [0.2, 0.25) is 5.91 Å². The summed E-state index contributed by atoms with van der Waals surface area (Å²) in [5.41, 5.74) is 5.20. The molecule has 1 aliphatic heterocycles. The zero-order chi connectivity index (χ0) is 21.9. The van der Waals surface area contributed by atoms with Gasteiger partial charge >= 0.3 is 6.09 Å². The molecule has 0 aromatic heterocycles. The van der Waals surface area contributed by atoms with Gasteiger partial charge in [-0.05, 0) is 74.6 Å². The van der Waals surface area contributed by atoms with Crippen molar-refractivity contribution in [3.8, 4) is 0 Å². The summed E-state index contributed by atoms with van der Waals surface area (Å²) < 4.78 is 5.24. The number of carbonyl (C=O) groups is 2. The number of ether oxygens (including phenoxy) is 1. The molecule has 0 saturated carbocycles. The van der Waals surface area contributed by atoms with E-state index in [1.807, 2.05) is 20.8 Å². The molecule has 0 fully saturated rings. The molecule has 30 heavy (non-hydrogen) atoms. The van der Waals surface area contributed by atoms with Crippen molar-refractivity contribution in [1.29, 1.82) is 0 Å².